The lowest BCUT2D eigenvalue weighted by Crippen LogP contribution is -2.44. The number of rotatable bonds is 4. The molecule has 3 heterocycles. The molecule has 1 aliphatic rings. The third-order valence-electron chi connectivity index (χ3n) is 5.59. The monoisotopic (exact) mass is 409 g/mol. The number of phenolic OH excluding ortho intramolecular Hbond substituents is 1. The summed E-state index contributed by atoms with van der Waals surface area (Å²) in [6.45, 7) is 6.85. The standard InChI is InChI=1S/C22H24FN5O2/c1-13-18(19-15(23)5-4-6-17(19)30)14(2)26-21-20(13)25-11-16(27(3)12-29)22(21)28-9-7-24-8-10-28/h4-6,11-12,24,30H,7-10H2,1-3H3. The minimum absolute atomic E-state index is 0.126. The number of amides is 1. The summed E-state index contributed by atoms with van der Waals surface area (Å²) in [5.74, 6) is -0.649. The average Bonchev–Trinajstić information content (AvgIpc) is 2.75. The van der Waals surface area contributed by atoms with Crippen molar-refractivity contribution in [2.24, 2.45) is 0 Å². The van der Waals surface area contributed by atoms with Gasteiger partial charge in [0.15, 0.2) is 0 Å². The second kappa shape index (κ2) is 7.87. The molecule has 1 aliphatic heterocycles. The van der Waals surface area contributed by atoms with Crippen LogP contribution in [0.3, 0.4) is 0 Å². The first kappa shape index (κ1) is 20.0. The van der Waals surface area contributed by atoms with Gasteiger partial charge in [-0.3, -0.25) is 9.78 Å². The number of carbonyl (C=O) groups excluding carboxylic acids is 1. The number of fused-ring (bicyclic) bond motifs is 1. The van der Waals surface area contributed by atoms with Gasteiger partial charge in [-0.2, -0.15) is 0 Å². The number of nitrogens with one attached hydrogen (secondary N) is 1. The van der Waals surface area contributed by atoms with Crippen LogP contribution in [0.4, 0.5) is 15.8 Å². The summed E-state index contributed by atoms with van der Waals surface area (Å²) < 4.78 is 14.6. The molecule has 3 aromatic rings. The maximum Gasteiger partial charge on any atom is 0.213 e. The molecule has 0 saturated carbocycles. The zero-order chi connectivity index (χ0) is 21.4. The quantitative estimate of drug-likeness (QED) is 0.645. The highest BCUT2D eigenvalue weighted by molar-refractivity contribution is 6.02. The molecule has 0 atom stereocenters. The third-order valence-corrected chi connectivity index (χ3v) is 5.59. The Morgan fingerprint density at radius 2 is 1.93 bits per heavy atom. The van der Waals surface area contributed by atoms with E-state index in [2.05, 4.69) is 15.2 Å². The van der Waals surface area contributed by atoms with E-state index in [1.54, 1.807) is 20.2 Å². The Kier molecular flexibility index (Phi) is 5.26. The highest BCUT2D eigenvalue weighted by atomic mass is 19.1. The number of hydrogen-bond acceptors (Lipinski definition) is 6. The molecule has 156 valence electrons. The number of phenols is 1. The maximum absolute atomic E-state index is 14.6. The molecule has 2 N–H and O–H groups in total. The number of nitrogens with zero attached hydrogens (tertiary/aromatic N) is 4. The van der Waals surface area contributed by atoms with Gasteiger partial charge < -0.3 is 20.2 Å². The Morgan fingerprint density at radius 3 is 2.60 bits per heavy atom. The van der Waals surface area contributed by atoms with Crippen molar-refractivity contribution in [1.29, 1.82) is 0 Å². The van der Waals surface area contributed by atoms with Crippen molar-refractivity contribution < 1.29 is 14.3 Å². The van der Waals surface area contributed by atoms with Crippen molar-refractivity contribution in [2.75, 3.05) is 43.0 Å². The Labute approximate surface area is 174 Å². The summed E-state index contributed by atoms with van der Waals surface area (Å²) in [7, 11) is 1.69. The fourth-order valence-electron chi connectivity index (χ4n) is 4.12. The summed E-state index contributed by atoms with van der Waals surface area (Å²) >= 11 is 0. The fourth-order valence-corrected chi connectivity index (χ4v) is 4.12. The average molecular weight is 409 g/mol. The fraction of sp³-hybridized carbons (Fsp3) is 0.318. The van der Waals surface area contributed by atoms with E-state index >= 15 is 0 Å². The molecule has 0 unspecified atom stereocenters. The molecular formula is C22H24FN5O2. The zero-order valence-electron chi connectivity index (χ0n) is 17.2. The van der Waals surface area contributed by atoms with Gasteiger partial charge in [-0.15, -0.1) is 0 Å². The van der Waals surface area contributed by atoms with Crippen LogP contribution in [0.15, 0.2) is 24.4 Å². The third kappa shape index (κ3) is 3.23. The van der Waals surface area contributed by atoms with Gasteiger partial charge in [-0.25, -0.2) is 9.37 Å². The van der Waals surface area contributed by atoms with Gasteiger partial charge in [0, 0.05) is 44.5 Å². The lowest BCUT2D eigenvalue weighted by molar-refractivity contribution is -0.107. The molecule has 0 bridgehead atoms. The second-order valence-electron chi connectivity index (χ2n) is 7.47. The Morgan fingerprint density at radius 1 is 1.20 bits per heavy atom. The van der Waals surface area contributed by atoms with Crippen molar-refractivity contribution in [3.8, 4) is 16.9 Å². The Bertz CT molecular complexity index is 1110. The molecule has 30 heavy (non-hydrogen) atoms. The van der Waals surface area contributed by atoms with Crippen LogP contribution >= 0.6 is 0 Å². The van der Waals surface area contributed by atoms with Crippen molar-refractivity contribution >= 4 is 28.8 Å². The topological polar surface area (TPSA) is 81.6 Å². The summed E-state index contributed by atoms with van der Waals surface area (Å²) in [5, 5.41) is 13.7. The first-order valence-corrected chi connectivity index (χ1v) is 9.85. The first-order valence-electron chi connectivity index (χ1n) is 9.85. The lowest BCUT2D eigenvalue weighted by atomic mass is 9.96. The van der Waals surface area contributed by atoms with Crippen LogP contribution in [0.25, 0.3) is 22.2 Å². The van der Waals surface area contributed by atoms with E-state index in [4.69, 9.17) is 4.98 Å². The number of aromatic nitrogens is 2. The van der Waals surface area contributed by atoms with Gasteiger partial charge in [-0.05, 0) is 31.5 Å². The second-order valence-corrected chi connectivity index (χ2v) is 7.47. The van der Waals surface area contributed by atoms with E-state index in [0.717, 1.165) is 43.8 Å². The molecular weight excluding hydrogens is 385 g/mol. The summed E-state index contributed by atoms with van der Waals surface area (Å²) in [6.07, 6.45) is 2.41. The smallest absolute Gasteiger partial charge is 0.213 e. The molecule has 0 aliphatic carbocycles. The van der Waals surface area contributed by atoms with Crippen molar-refractivity contribution in [2.45, 2.75) is 13.8 Å². The number of aromatic hydroxyl groups is 1. The van der Waals surface area contributed by atoms with Gasteiger partial charge >= 0.3 is 0 Å². The van der Waals surface area contributed by atoms with Crippen LogP contribution in [-0.2, 0) is 4.79 Å². The number of anilines is 2. The number of aryl methyl sites for hydroxylation is 2. The number of benzene rings is 1. The minimum Gasteiger partial charge on any atom is -0.507 e. The predicted octanol–water partition coefficient (Wildman–Crippen LogP) is 2.76. The number of hydrogen-bond donors (Lipinski definition) is 2. The first-order chi connectivity index (χ1) is 14.4. The molecule has 4 rings (SSSR count). The molecule has 1 aromatic carbocycles. The van der Waals surface area contributed by atoms with E-state index in [0.29, 0.717) is 28.0 Å². The molecule has 2 aromatic heterocycles. The van der Waals surface area contributed by atoms with Crippen LogP contribution in [0.1, 0.15) is 11.3 Å². The maximum atomic E-state index is 14.6. The van der Waals surface area contributed by atoms with Crippen LogP contribution in [0.2, 0.25) is 0 Å². The van der Waals surface area contributed by atoms with Crippen LogP contribution in [0.5, 0.6) is 5.75 Å². The van der Waals surface area contributed by atoms with Gasteiger partial charge in [0.2, 0.25) is 6.41 Å². The summed E-state index contributed by atoms with van der Waals surface area (Å²) in [4.78, 5) is 24.6. The molecule has 8 heteroatoms. The molecule has 1 saturated heterocycles. The SMILES string of the molecule is Cc1nc2c(N3CCNCC3)c(N(C)C=O)cnc2c(C)c1-c1c(O)cccc1F. The number of carbonyl (C=O) groups is 1. The number of halogens is 1. The van der Waals surface area contributed by atoms with Gasteiger partial charge in [0.1, 0.15) is 17.1 Å². The molecule has 0 spiro atoms. The van der Waals surface area contributed by atoms with Gasteiger partial charge in [0.05, 0.1) is 28.7 Å². The largest absolute Gasteiger partial charge is 0.507 e. The number of pyridine rings is 2. The highest BCUT2D eigenvalue weighted by Gasteiger charge is 2.25. The van der Waals surface area contributed by atoms with Crippen LogP contribution in [-0.4, -0.2) is 54.7 Å². The van der Waals surface area contributed by atoms with Crippen molar-refractivity contribution in [1.82, 2.24) is 15.3 Å². The minimum atomic E-state index is -0.512. The van der Waals surface area contributed by atoms with E-state index in [9.17, 15) is 14.3 Å². The predicted molar refractivity (Wildman–Crippen MR) is 116 cm³/mol. The Hall–Kier alpha value is -3.26. The van der Waals surface area contributed by atoms with Gasteiger partial charge in [-0.1, -0.05) is 6.07 Å². The summed E-state index contributed by atoms with van der Waals surface area (Å²) in [6, 6.07) is 4.25. The lowest BCUT2D eigenvalue weighted by Gasteiger charge is -2.33. The zero-order valence-corrected chi connectivity index (χ0v) is 17.2. The van der Waals surface area contributed by atoms with E-state index in [1.807, 2.05) is 6.92 Å². The van der Waals surface area contributed by atoms with Crippen LogP contribution in [0, 0.1) is 19.7 Å². The van der Waals surface area contributed by atoms with Crippen molar-refractivity contribution in [3.63, 3.8) is 0 Å². The normalized spacial score (nSPS) is 14.2. The van der Waals surface area contributed by atoms with Crippen LogP contribution < -0.4 is 15.1 Å². The summed E-state index contributed by atoms with van der Waals surface area (Å²) in [5.41, 5.74) is 4.78. The van der Waals surface area contributed by atoms with E-state index in [1.165, 1.54) is 23.1 Å². The molecule has 1 fully saturated rings. The van der Waals surface area contributed by atoms with E-state index in [-0.39, 0.29) is 11.3 Å². The molecule has 7 nitrogen and oxygen atoms in total. The molecule has 0 radical (unpaired) electrons. The van der Waals surface area contributed by atoms with E-state index < -0.39 is 5.82 Å². The van der Waals surface area contributed by atoms with Crippen molar-refractivity contribution in [3.05, 3.63) is 41.5 Å². The Balaban J connectivity index is 2.03. The number of piperazine rings is 1. The molecule has 1 amide bonds. The highest BCUT2D eigenvalue weighted by Crippen LogP contribution is 2.41. The van der Waals surface area contributed by atoms with Gasteiger partial charge in [0.25, 0.3) is 0 Å².